The van der Waals surface area contributed by atoms with E-state index in [0.717, 1.165) is 36.3 Å². The number of fused-ring (bicyclic) bond motifs is 4. The average molecular weight is 1780 g/mol. The van der Waals surface area contributed by atoms with E-state index in [0.29, 0.717) is 44.9 Å². The number of primary amides is 2. The number of nitrogens with two attached hydrogens (primary N) is 4. The number of guanidine groups is 1. The number of aromatic amines is 2. The van der Waals surface area contributed by atoms with Crippen LogP contribution in [0.1, 0.15) is 101 Å². The summed E-state index contributed by atoms with van der Waals surface area (Å²) in [4.78, 5) is 256. The number of phenolic OH excluding ortho intramolecular Hbond substituents is 1. The van der Waals surface area contributed by atoms with Crippen molar-refractivity contribution in [2.45, 2.75) is 182 Å². The van der Waals surface area contributed by atoms with E-state index in [1.54, 1.807) is 67.8 Å². The zero-order valence-corrected chi connectivity index (χ0v) is 71.6. The number of phenols is 1. The molecule has 0 bridgehead atoms. The normalized spacial score (nSPS) is 24.4. The summed E-state index contributed by atoms with van der Waals surface area (Å²) in [5.41, 5.74) is 25.7. The fourth-order valence-corrected chi connectivity index (χ4v) is 16.0. The first-order chi connectivity index (χ1) is 60.1. The summed E-state index contributed by atoms with van der Waals surface area (Å²) in [5, 5.41) is 68.5. The van der Waals surface area contributed by atoms with E-state index < -0.39 is 242 Å². The number of aromatic hydroxyl groups is 1. The van der Waals surface area contributed by atoms with Gasteiger partial charge < -0.3 is 131 Å². The summed E-state index contributed by atoms with van der Waals surface area (Å²) in [5.74, 6) is -17.9. The molecule has 13 atom stereocenters. The van der Waals surface area contributed by atoms with Crippen LogP contribution >= 0.6 is 11.8 Å². The minimum atomic E-state index is -1.84. The summed E-state index contributed by atoms with van der Waals surface area (Å²) >= 11 is 0.753. The Kier molecular flexibility index (Phi) is 36.9. The van der Waals surface area contributed by atoms with Crippen molar-refractivity contribution < 1.29 is 96.8 Å². The van der Waals surface area contributed by atoms with Crippen LogP contribution in [0.3, 0.4) is 0 Å². The van der Waals surface area contributed by atoms with Crippen LogP contribution in [0, 0.1) is 5.41 Å². The second kappa shape index (κ2) is 47.2. The molecule has 0 radical (unpaired) electrons. The minimum Gasteiger partial charge on any atom is -0.508 e. The Morgan fingerprint density at radius 1 is 0.532 bits per heavy atom. The standard InChI is InChI=1S/C82H115N23O20S/c1-6-7-20-62-74(118)97-58(35-65(84)109)81(125)105-30-14-22-64(105)76(120)99-60(41-107)73(117)94-54(27-31-106)80(124)104-29-13-21-63(104)75(119)95-55(33-46-37-89-51-17-10-8-15-49(46)51)71(115)98-59(36-83)72(116)96-57(34-47-38-90-52-18-11-9-16-50(47)52)78(122)102(4)44(2)77(121)101(3)40-67(111)92-53(19-12-28-88-82(86)87)70(114)100-61(69(113)91-39-66(85)110)42-126-43-68(112)93-56(79(123)103(62)5)32-45-23-25-48(108)26-24-45/h8-11,15-18,23-26,37-38,44,53-64,89-90,106-108H,6-7,12-14,19-22,27-36,39-43,83H2,1-5H3,(H2,84,109)(H2,85,110)(H,91,113)(H,92,111)(H,93,112)(H,94,117)(H,95,119)(H,96,116)(H,97,118)(H,98,115)(H,99,120)(H,100,114)(H4,86,87,88)/t44-,53-,54-,55-,56-,57-,58+,59-,60-,61-,62-,63-,64-/m0/s1. The van der Waals surface area contributed by atoms with Crippen LogP contribution < -0.4 is 81.4 Å². The predicted octanol–water partition coefficient (Wildman–Crippen LogP) is -6.13. The van der Waals surface area contributed by atoms with Gasteiger partial charge in [0.15, 0.2) is 5.96 Å². The van der Waals surface area contributed by atoms with Crippen LogP contribution in [0.25, 0.3) is 21.8 Å². The zero-order valence-electron chi connectivity index (χ0n) is 70.8. The van der Waals surface area contributed by atoms with Gasteiger partial charge in [-0.15, -0.1) is 11.8 Å². The molecule has 684 valence electrons. The van der Waals surface area contributed by atoms with Crippen molar-refractivity contribution in [1.29, 1.82) is 5.41 Å². The van der Waals surface area contributed by atoms with Crippen molar-refractivity contribution in [3.63, 3.8) is 0 Å². The molecule has 25 N–H and O–H groups in total. The highest BCUT2D eigenvalue weighted by Gasteiger charge is 2.45. The Bertz CT molecular complexity index is 4780. The number of H-pyrrole nitrogens is 2. The van der Waals surface area contributed by atoms with Gasteiger partial charge in [0.2, 0.25) is 100 Å². The Balaban J connectivity index is 1.14. The van der Waals surface area contributed by atoms with Crippen molar-refractivity contribution in [3.8, 4) is 5.75 Å². The van der Waals surface area contributed by atoms with Crippen molar-refractivity contribution >= 4 is 140 Å². The van der Waals surface area contributed by atoms with Crippen LogP contribution in [0.5, 0.6) is 5.75 Å². The maximum Gasteiger partial charge on any atom is 0.246 e. The molecule has 2 aromatic heterocycles. The lowest BCUT2D eigenvalue weighted by molar-refractivity contribution is -0.146. The quantitative estimate of drug-likeness (QED) is 0.0174. The number of thioether (sulfide) groups is 1. The zero-order chi connectivity index (χ0) is 92.2. The molecule has 126 heavy (non-hydrogen) atoms. The molecule has 0 spiro atoms. The summed E-state index contributed by atoms with van der Waals surface area (Å²) < 4.78 is 0. The molecule has 17 amide bonds. The Morgan fingerprint density at radius 3 is 1.62 bits per heavy atom. The fraction of sp³-hybridized carbons (Fsp3) is 0.512. The summed E-state index contributed by atoms with van der Waals surface area (Å²) in [7, 11) is 3.76. The molecule has 3 aliphatic rings. The Labute approximate surface area is 729 Å². The number of benzene rings is 3. The van der Waals surface area contributed by atoms with Gasteiger partial charge in [-0.3, -0.25) is 86.9 Å². The first kappa shape index (κ1) is 98.5. The molecule has 3 aliphatic heterocycles. The number of unbranched alkanes of at least 4 members (excludes halogenated alkanes) is 1. The number of para-hydroxylation sites is 2. The number of likely N-dealkylation sites (N-methyl/N-ethyl adjacent to an activating group) is 3. The first-order valence-corrected chi connectivity index (χ1v) is 42.6. The first-order valence-electron chi connectivity index (χ1n) is 41.5. The third-order valence-electron chi connectivity index (χ3n) is 22.1. The van der Waals surface area contributed by atoms with Gasteiger partial charge in [-0.25, -0.2) is 0 Å². The second-order valence-corrected chi connectivity index (χ2v) is 32.3. The van der Waals surface area contributed by atoms with Gasteiger partial charge in [0.25, 0.3) is 0 Å². The summed E-state index contributed by atoms with van der Waals surface area (Å²) in [6, 6.07) is -0.629. The van der Waals surface area contributed by atoms with Crippen molar-refractivity contribution in [3.05, 3.63) is 102 Å². The van der Waals surface area contributed by atoms with E-state index in [4.69, 9.17) is 28.3 Å². The van der Waals surface area contributed by atoms with Gasteiger partial charge in [-0.1, -0.05) is 68.3 Å². The number of aliphatic hydroxyl groups is 2. The number of carbonyl (C=O) groups excluding carboxylic acids is 17. The fourth-order valence-electron chi connectivity index (χ4n) is 15.2. The highest BCUT2D eigenvalue weighted by molar-refractivity contribution is 8.00. The number of nitrogens with zero attached hydrogens (tertiary/aromatic N) is 5. The maximum absolute atomic E-state index is 15.1. The van der Waals surface area contributed by atoms with E-state index in [9.17, 15) is 82.4 Å². The van der Waals surface area contributed by atoms with Gasteiger partial charge in [0, 0.05) is 113 Å². The highest BCUT2D eigenvalue weighted by atomic mass is 32.2. The van der Waals surface area contributed by atoms with Crippen LogP contribution in [0.4, 0.5) is 0 Å². The van der Waals surface area contributed by atoms with Gasteiger partial charge >= 0.3 is 0 Å². The Morgan fingerprint density at radius 2 is 1.05 bits per heavy atom. The molecule has 3 aromatic carbocycles. The third-order valence-corrected chi connectivity index (χ3v) is 23.1. The number of amides is 17. The summed E-state index contributed by atoms with van der Waals surface area (Å²) in [6.07, 6.45) is 2.00. The number of aliphatic hydroxyl groups excluding tert-OH is 2. The lowest BCUT2D eigenvalue weighted by Gasteiger charge is -2.33. The topological polar surface area (TPSA) is 659 Å². The number of rotatable bonds is 22. The molecule has 3 fully saturated rings. The monoisotopic (exact) mass is 1770 g/mol. The lowest BCUT2D eigenvalue weighted by atomic mass is 10.0. The van der Waals surface area contributed by atoms with Crippen LogP contribution in [-0.4, -0.2) is 320 Å². The SMILES string of the molecule is CCCC[C@H]1C(=O)N[C@H](CC(N)=O)C(=O)N2CCC[C@H]2C(=O)N[C@@H](CO)C(=O)N[C@@H](CCO)C(=O)N2CCC[C@H]2C(=O)N[C@@H](Cc2c[nH]c3ccccc23)C(=O)N[C@@H](CN)C(=O)N[C@@H](Cc2c[nH]c3ccccc23)C(=O)N(C)[C@@H](C)C(=O)N(C)CC(=O)N[C@@H](CCCNC(=N)N)C(=O)N[C@H](C(=O)NCC(N)=O)CSCC(=O)N[C@@H](Cc2ccc(O)cc2)C(=O)N1C. The average Bonchev–Trinajstić information content (AvgIpc) is 1.60. The smallest absolute Gasteiger partial charge is 0.246 e. The maximum atomic E-state index is 15.1. The molecule has 5 heterocycles. The van der Waals surface area contributed by atoms with Gasteiger partial charge in [-0.05, 0) is 99.2 Å². The summed E-state index contributed by atoms with van der Waals surface area (Å²) in [6.45, 7) is -1.02. The number of hydrogen-bond acceptors (Lipinski definition) is 23. The Hall–Kier alpha value is -13.0. The largest absolute Gasteiger partial charge is 0.508 e. The molecule has 5 aromatic rings. The van der Waals surface area contributed by atoms with Crippen LogP contribution in [-0.2, 0) is 101 Å². The number of aromatic nitrogens is 2. The van der Waals surface area contributed by atoms with E-state index in [-0.39, 0.29) is 96.0 Å². The van der Waals surface area contributed by atoms with Gasteiger partial charge in [0.1, 0.15) is 84.3 Å². The molecule has 0 saturated carbocycles. The predicted molar refractivity (Wildman–Crippen MR) is 459 cm³/mol. The minimum absolute atomic E-state index is 0.00905. The number of nitrogens with one attached hydrogen (secondary N) is 14. The molecule has 3 saturated heterocycles. The molecule has 0 unspecified atom stereocenters. The van der Waals surface area contributed by atoms with E-state index in [1.807, 2.05) is 0 Å². The molecule has 8 rings (SSSR count). The molecule has 0 aliphatic carbocycles. The van der Waals surface area contributed by atoms with Crippen molar-refractivity contribution in [2.75, 3.05) is 85.1 Å². The van der Waals surface area contributed by atoms with Crippen molar-refractivity contribution in [1.82, 2.24) is 93.0 Å². The molecule has 43 nitrogen and oxygen atoms in total. The highest BCUT2D eigenvalue weighted by Crippen LogP contribution is 2.27. The molecule has 44 heteroatoms. The van der Waals surface area contributed by atoms with Gasteiger partial charge in [0.05, 0.1) is 31.9 Å². The van der Waals surface area contributed by atoms with E-state index >= 15 is 14.4 Å². The third kappa shape index (κ3) is 27.3. The van der Waals surface area contributed by atoms with E-state index in [1.165, 1.54) is 52.3 Å². The van der Waals surface area contributed by atoms with E-state index in [2.05, 4.69) is 68.5 Å². The molecular weight excluding hydrogens is 1660 g/mol. The van der Waals surface area contributed by atoms with Crippen molar-refractivity contribution in [2.24, 2.45) is 22.9 Å². The lowest BCUT2D eigenvalue weighted by Crippen LogP contribution is -2.62. The second-order valence-electron chi connectivity index (χ2n) is 31.3. The van der Waals surface area contributed by atoms with Crippen LogP contribution in [0.15, 0.2) is 85.2 Å². The number of carbonyl (C=O) groups is 17. The number of hydrogen-bond donors (Lipinski definition) is 21. The van der Waals surface area contributed by atoms with Gasteiger partial charge in [-0.2, -0.15) is 0 Å². The molecular formula is C82H115N23O20S. The van der Waals surface area contributed by atoms with Crippen LogP contribution in [0.2, 0.25) is 0 Å².